The molecule has 2 aromatic rings. The summed E-state index contributed by atoms with van der Waals surface area (Å²) in [6.45, 7) is 1.53. The van der Waals surface area contributed by atoms with Crippen LogP contribution in [-0.2, 0) is 16.0 Å². The van der Waals surface area contributed by atoms with E-state index in [9.17, 15) is 14.9 Å². The molecule has 0 bridgehead atoms. The molecule has 0 radical (unpaired) electrons. The van der Waals surface area contributed by atoms with E-state index in [1.165, 1.54) is 14.2 Å². The van der Waals surface area contributed by atoms with Gasteiger partial charge in [0, 0.05) is 4.92 Å². The molecule has 0 saturated heterocycles. The topological polar surface area (TPSA) is 87.9 Å². The van der Waals surface area contributed by atoms with E-state index in [0.29, 0.717) is 23.5 Å². The number of ether oxygens (including phenoxy) is 3. The van der Waals surface area contributed by atoms with Gasteiger partial charge in [0.15, 0.2) is 11.5 Å². The van der Waals surface area contributed by atoms with Crippen LogP contribution in [0.3, 0.4) is 0 Å². The van der Waals surface area contributed by atoms with Gasteiger partial charge in [-0.15, -0.1) is 0 Å². The molecule has 0 heterocycles. The number of nitro groups is 1. The molecule has 0 aliphatic heterocycles. The Kier molecular flexibility index (Phi) is 7.80. The number of benzene rings is 2. The summed E-state index contributed by atoms with van der Waals surface area (Å²) in [5, 5.41) is 11.4. The molecule has 0 aliphatic rings. The van der Waals surface area contributed by atoms with Crippen LogP contribution in [0.15, 0.2) is 48.5 Å². The fourth-order valence-corrected chi connectivity index (χ4v) is 3.22. The van der Waals surface area contributed by atoms with Crippen molar-refractivity contribution in [3.8, 4) is 11.5 Å². The van der Waals surface area contributed by atoms with E-state index in [2.05, 4.69) is 0 Å². The summed E-state index contributed by atoms with van der Waals surface area (Å²) in [6, 6.07) is 14.5. The molecule has 0 N–H and O–H groups in total. The fourth-order valence-electron chi connectivity index (χ4n) is 3.22. The van der Waals surface area contributed by atoms with Gasteiger partial charge >= 0.3 is 5.97 Å². The zero-order chi connectivity index (χ0) is 20.5. The third kappa shape index (κ3) is 5.45. The first-order valence-electron chi connectivity index (χ1n) is 9.04. The standard InChI is InChI=1S/C21H25NO6/c1-4-28-21(23)17(12-15-8-6-5-7-9-15)18(14-22(24)25)16-10-11-19(26-2)20(13-16)27-3/h5-11,13,17-18H,4,12,14H2,1-3H3. The molecular formula is C21H25NO6. The molecule has 0 fully saturated rings. The van der Waals surface area contributed by atoms with Gasteiger partial charge < -0.3 is 14.2 Å². The Morgan fingerprint density at radius 2 is 1.75 bits per heavy atom. The number of carbonyl (C=O) groups excluding carboxylic acids is 1. The van der Waals surface area contributed by atoms with Crippen LogP contribution in [0.1, 0.15) is 24.0 Å². The van der Waals surface area contributed by atoms with Gasteiger partial charge in [-0.3, -0.25) is 14.9 Å². The second kappa shape index (κ2) is 10.3. The number of esters is 1. The highest BCUT2D eigenvalue weighted by Gasteiger charge is 2.35. The Hall–Kier alpha value is -3.09. The lowest BCUT2D eigenvalue weighted by Crippen LogP contribution is -2.31. The van der Waals surface area contributed by atoms with Crippen LogP contribution in [0.5, 0.6) is 11.5 Å². The molecule has 7 nitrogen and oxygen atoms in total. The quantitative estimate of drug-likeness (QED) is 0.352. The van der Waals surface area contributed by atoms with E-state index >= 15 is 0 Å². The molecule has 0 saturated carbocycles. The number of hydrogen-bond donors (Lipinski definition) is 0. The number of methoxy groups -OCH3 is 2. The SMILES string of the molecule is CCOC(=O)C(Cc1ccccc1)C(C[N+](=O)[O-])c1ccc(OC)c(OC)c1. The first kappa shape index (κ1) is 21.2. The van der Waals surface area contributed by atoms with Crippen LogP contribution in [-0.4, -0.2) is 38.3 Å². The van der Waals surface area contributed by atoms with Crippen molar-refractivity contribution in [1.29, 1.82) is 0 Å². The maximum absolute atomic E-state index is 12.7. The van der Waals surface area contributed by atoms with Gasteiger partial charge in [-0.25, -0.2) is 0 Å². The van der Waals surface area contributed by atoms with Gasteiger partial charge in [-0.2, -0.15) is 0 Å². The first-order chi connectivity index (χ1) is 13.5. The van der Waals surface area contributed by atoms with Gasteiger partial charge in [0.1, 0.15) is 0 Å². The average Bonchev–Trinajstić information content (AvgIpc) is 2.70. The molecule has 7 heteroatoms. The molecule has 0 spiro atoms. The number of carbonyl (C=O) groups is 1. The first-order valence-corrected chi connectivity index (χ1v) is 9.04. The second-order valence-corrected chi connectivity index (χ2v) is 6.28. The molecular weight excluding hydrogens is 362 g/mol. The second-order valence-electron chi connectivity index (χ2n) is 6.28. The lowest BCUT2D eigenvalue weighted by atomic mass is 9.82. The highest BCUT2D eigenvalue weighted by Crippen LogP contribution is 2.35. The highest BCUT2D eigenvalue weighted by molar-refractivity contribution is 5.74. The fraction of sp³-hybridized carbons (Fsp3) is 0.381. The molecule has 0 aromatic heterocycles. The summed E-state index contributed by atoms with van der Waals surface area (Å²) in [5.41, 5.74) is 1.54. The van der Waals surface area contributed by atoms with E-state index in [1.807, 2.05) is 30.3 Å². The normalized spacial score (nSPS) is 12.7. The summed E-state index contributed by atoms with van der Waals surface area (Å²) in [4.78, 5) is 23.7. The largest absolute Gasteiger partial charge is 0.493 e. The van der Waals surface area contributed by atoms with Gasteiger partial charge in [0.25, 0.3) is 0 Å². The van der Waals surface area contributed by atoms with Gasteiger partial charge in [-0.05, 0) is 36.6 Å². The van der Waals surface area contributed by atoms with E-state index in [0.717, 1.165) is 5.56 Å². The molecule has 28 heavy (non-hydrogen) atoms. The number of rotatable bonds is 10. The molecule has 2 rings (SSSR count). The van der Waals surface area contributed by atoms with Crippen molar-refractivity contribution in [2.45, 2.75) is 19.3 Å². The van der Waals surface area contributed by atoms with Crippen LogP contribution in [0.25, 0.3) is 0 Å². The van der Waals surface area contributed by atoms with Crippen LogP contribution < -0.4 is 9.47 Å². The highest BCUT2D eigenvalue weighted by atomic mass is 16.6. The third-order valence-electron chi connectivity index (χ3n) is 4.56. The molecule has 2 atom stereocenters. The van der Waals surface area contributed by atoms with Gasteiger partial charge in [0.2, 0.25) is 6.54 Å². The molecule has 2 unspecified atom stereocenters. The van der Waals surface area contributed by atoms with E-state index in [4.69, 9.17) is 14.2 Å². The van der Waals surface area contributed by atoms with E-state index in [-0.39, 0.29) is 6.61 Å². The van der Waals surface area contributed by atoms with E-state index in [1.54, 1.807) is 25.1 Å². The van der Waals surface area contributed by atoms with Crippen LogP contribution in [0, 0.1) is 16.0 Å². The van der Waals surface area contributed by atoms with Crippen molar-refractivity contribution in [2.75, 3.05) is 27.4 Å². The summed E-state index contributed by atoms with van der Waals surface area (Å²) in [7, 11) is 3.01. The van der Waals surface area contributed by atoms with Gasteiger partial charge in [-0.1, -0.05) is 36.4 Å². The van der Waals surface area contributed by atoms with Crippen molar-refractivity contribution in [1.82, 2.24) is 0 Å². The maximum atomic E-state index is 12.7. The zero-order valence-corrected chi connectivity index (χ0v) is 16.3. The van der Waals surface area contributed by atoms with Crippen LogP contribution in [0.4, 0.5) is 0 Å². The molecule has 150 valence electrons. The smallest absolute Gasteiger partial charge is 0.310 e. The minimum absolute atomic E-state index is 0.210. The Labute approximate surface area is 164 Å². The number of hydrogen-bond acceptors (Lipinski definition) is 6. The number of nitrogens with zero attached hydrogens (tertiary/aromatic N) is 1. The predicted octanol–water partition coefficient (Wildman–Crippen LogP) is 3.49. The monoisotopic (exact) mass is 387 g/mol. The van der Waals surface area contributed by atoms with E-state index < -0.39 is 29.3 Å². The average molecular weight is 387 g/mol. The van der Waals surface area contributed by atoms with Gasteiger partial charge in [0.05, 0.1) is 32.7 Å². The minimum Gasteiger partial charge on any atom is -0.493 e. The van der Waals surface area contributed by atoms with Crippen molar-refractivity contribution in [3.63, 3.8) is 0 Å². The van der Waals surface area contributed by atoms with Crippen molar-refractivity contribution >= 4 is 5.97 Å². The Morgan fingerprint density at radius 3 is 2.32 bits per heavy atom. The van der Waals surface area contributed by atoms with Crippen molar-refractivity contribution in [3.05, 3.63) is 69.8 Å². The lowest BCUT2D eigenvalue weighted by Gasteiger charge is -2.24. The summed E-state index contributed by atoms with van der Waals surface area (Å²) in [5.74, 6) is -0.856. The maximum Gasteiger partial charge on any atom is 0.310 e. The third-order valence-corrected chi connectivity index (χ3v) is 4.56. The van der Waals surface area contributed by atoms with Crippen molar-refractivity contribution < 1.29 is 23.9 Å². The Morgan fingerprint density at radius 1 is 1.07 bits per heavy atom. The molecule has 0 amide bonds. The zero-order valence-electron chi connectivity index (χ0n) is 16.3. The lowest BCUT2D eigenvalue weighted by molar-refractivity contribution is -0.484. The Balaban J connectivity index is 2.47. The van der Waals surface area contributed by atoms with Crippen LogP contribution in [0.2, 0.25) is 0 Å². The van der Waals surface area contributed by atoms with Crippen molar-refractivity contribution in [2.24, 2.45) is 5.92 Å². The summed E-state index contributed by atoms with van der Waals surface area (Å²) >= 11 is 0. The molecule has 0 aliphatic carbocycles. The Bertz CT molecular complexity index is 793. The summed E-state index contributed by atoms with van der Waals surface area (Å²) in [6.07, 6.45) is 0.340. The molecule has 2 aromatic carbocycles. The summed E-state index contributed by atoms with van der Waals surface area (Å²) < 4.78 is 15.8. The predicted molar refractivity (Wildman–Crippen MR) is 104 cm³/mol. The minimum atomic E-state index is -0.703. The van der Waals surface area contributed by atoms with Crippen LogP contribution >= 0.6 is 0 Å².